The maximum Gasteiger partial charge on any atom is 0.328 e. The predicted octanol–water partition coefficient (Wildman–Crippen LogP) is 5.10. The maximum absolute atomic E-state index is 13.2. The molecule has 1 heterocycles. The van der Waals surface area contributed by atoms with Crippen LogP contribution in [0.3, 0.4) is 0 Å². The Balaban J connectivity index is 0.000000414. The number of hydrogen-bond acceptors (Lipinski definition) is 4. The van der Waals surface area contributed by atoms with Crippen molar-refractivity contribution in [3.8, 4) is 0 Å². The van der Waals surface area contributed by atoms with Gasteiger partial charge in [0.25, 0.3) is 0 Å². The van der Waals surface area contributed by atoms with Gasteiger partial charge >= 0.3 is 11.9 Å². The van der Waals surface area contributed by atoms with Gasteiger partial charge in [0.2, 0.25) is 0 Å². The van der Waals surface area contributed by atoms with Gasteiger partial charge in [-0.3, -0.25) is 4.90 Å². The van der Waals surface area contributed by atoms with Crippen LogP contribution in [0.4, 0.5) is 4.39 Å². The van der Waals surface area contributed by atoms with Crippen LogP contribution in [0, 0.1) is 11.7 Å². The Morgan fingerprint density at radius 1 is 1.00 bits per heavy atom. The lowest BCUT2D eigenvalue weighted by molar-refractivity contribution is -0.134. The van der Waals surface area contributed by atoms with Crippen LogP contribution in [0.25, 0.3) is 5.57 Å². The molecule has 198 valence electrons. The molecule has 1 aliphatic heterocycles. The molecular formula is C30H37FN2O4. The fourth-order valence-electron chi connectivity index (χ4n) is 5.56. The lowest BCUT2D eigenvalue weighted by Gasteiger charge is -2.41. The lowest BCUT2D eigenvalue weighted by atomic mass is 9.67. The minimum absolute atomic E-state index is 0.0959. The van der Waals surface area contributed by atoms with Crippen LogP contribution in [-0.2, 0) is 15.0 Å². The summed E-state index contributed by atoms with van der Waals surface area (Å²) in [5.74, 6) is -1.98. The SMILES string of the molecule is NCC(CCN1CC=C(c2ccc(F)cc2)CC1)(c1ccccc1)C1CCCC1.O=C(O)/C=C\C(=O)O. The molecular weight excluding hydrogens is 471 g/mol. The Hall–Kier alpha value is -3.29. The zero-order valence-electron chi connectivity index (χ0n) is 21.2. The van der Waals surface area contributed by atoms with E-state index in [0.717, 1.165) is 44.6 Å². The van der Waals surface area contributed by atoms with Crippen LogP contribution in [-0.4, -0.2) is 53.2 Å². The number of rotatable bonds is 9. The second-order valence-electron chi connectivity index (χ2n) is 9.75. The van der Waals surface area contributed by atoms with Gasteiger partial charge in [0.15, 0.2) is 0 Å². The van der Waals surface area contributed by atoms with E-state index < -0.39 is 11.9 Å². The number of carbonyl (C=O) groups is 2. The van der Waals surface area contributed by atoms with Crippen molar-refractivity contribution in [2.75, 3.05) is 26.2 Å². The number of aliphatic carboxylic acids is 2. The Kier molecular flexibility index (Phi) is 10.6. The van der Waals surface area contributed by atoms with Crippen LogP contribution >= 0.6 is 0 Å². The van der Waals surface area contributed by atoms with E-state index in [1.807, 2.05) is 12.1 Å². The number of hydrogen-bond donors (Lipinski definition) is 3. The van der Waals surface area contributed by atoms with Gasteiger partial charge in [-0.05, 0) is 67.0 Å². The molecule has 1 aliphatic carbocycles. The summed E-state index contributed by atoms with van der Waals surface area (Å²) in [4.78, 5) is 21.7. The second-order valence-corrected chi connectivity index (χ2v) is 9.75. The van der Waals surface area contributed by atoms with Gasteiger partial charge in [0.05, 0.1) is 0 Å². The van der Waals surface area contributed by atoms with Crippen molar-refractivity contribution in [3.63, 3.8) is 0 Å². The first kappa shape index (κ1) is 28.3. The fourth-order valence-corrected chi connectivity index (χ4v) is 5.56. The molecule has 0 bridgehead atoms. The Morgan fingerprint density at radius 3 is 2.14 bits per heavy atom. The van der Waals surface area contributed by atoms with E-state index in [9.17, 15) is 14.0 Å². The number of benzene rings is 2. The molecule has 7 heteroatoms. The van der Waals surface area contributed by atoms with Crippen molar-refractivity contribution in [2.24, 2.45) is 11.7 Å². The topological polar surface area (TPSA) is 104 Å². The van der Waals surface area contributed by atoms with Gasteiger partial charge in [-0.1, -0.05) is 61.4 Å². The van der Waals surface area contributed by atoms with E-state index >= 15 is 0 Å². The van der Waals surface area contributed by atoms with E-state index in [1.165, 1.54) is 36.8 Å². The zero-order chi connectivity index (χ0) is 26.7. The number of halogens is 1. The molecule has 37 heavy (non-hydrogen) atoms. The molecule has 1 unspecified atom stereocenters. The number of carboxylic acids is 2. The van der Waals surface area contributed by atoms with Crippen molar-refractivity contribution >= 4 is 17.5 Å². The van der Waals surface area contributed by atoms with E-state index in [-0.39, 0.29) is 11.2 Å². The Labute approximate surface area is 218 Å². The average Bonchev–Trinajstić information content (AvgIpc) is 3.46. The summed E-state index contributed by atoms with van der Waals surface area (Å²) >= 11 is 0. The standard InChI is InChI=1S/C26H33FN2.C4H4O4/c27-25-12-10-21(11-13-25)22-14-17-29(18-15-22)19-16-26(20-28,24-8-4-5-9-24)23-6-2-1-3-7-23;5-3(6)1-2-4(7)8/h1-3,6-7,10-14,24H,4-5,8-9,15-20,28H2;1-2H,(H,5,6)(H,7,8)/b;2-1-. The lowest BCUT2D eigenvalue weighted by Crippen LogP contribution is -2.44. The smallest absolute Gasteiger partial charge is 0.328 e. The molecule has 0 aromatic heterocycles. The minimum Gasteiger partial charge on any atom is -0.478 e. The van der Waals surface area contributed by atoms with E-state index in [2.05, 4.69) is 41.3 Å². The molecule has 6 nitrogen and oxygen atoms in total. The summed E-state index contributed by atoms with van der Waals surface area (Å²) in [6, 6.07) is 17.9. The van der Waals surface area contributed by atoms with Gasteiger partial charge in [0, 0.05) is 37.2 Å². The molecule has 0 saturated heterocycles. The summed E-state index contributed by atoms with van der Waals surface area (Å²) in [7, 11) is 0. The molecule has 0 amide bonds. The van der Waals surface area contributed by atoms with Gasteiger partial charge in [-0.15, -0.1) is 0 Å². The molecule has 1 atom stereocenters. The molecule has 0 spiro atoms. The first-order valence-electron chi connectivity index (χ1n) is 12.9. The Bertz CT molecular complexity index is 1060. The van der Waals surface area contributed by atoms with Gasteiger partial charge in [-0.2, -0.15) is 0 Å². The van der Waals surface area contributed by atoms with Crippen molar-refractivity contribution < 1.29 is 24.2 Å². The van der Waals surface area contributed by atoms with Crippen LogP contribution in [0.15, 0.2) is 72.8 Å². The van der Waals surface area contributed by atoms with Gasteiger partial charge in [0.1, 0.15) is 5.82 Å². The van der Waals surface area contributed by atoms with Gasteiger partial charge in [-0.25, -0.2) is 14.0 Å². The van der Waals surface area contributed by atoms with E-state index in [0.29, 0.717) is 18.1 Å². The van der Waals surface area contributed by atoms with E-state index in [1.54, 1.807) is 12.1 Å². The fraction of sp³-hybridized carbons (Fsp3) is 0.400. The summed E-state index contributed by atoms with van der Waals surface area (Å²) in [6.45, 7) is 3.83. The molecule has 2 aromatic carbocycles. The third kappa shape index (κ3) is 8.10. The van der Waals surface area contributed by atoms with Crippen LogP contribution in [0.2, 0.25) is 0 Å². The monoisotopic (exact) mass is 508 g/mol. The molecule has 4 rings (SSSR count). The van der Waals surface area contributed by atoms with Crippen molar-refractivity contribution in [2.45, 2.75) is 43.9 Å². The largest absolute Gasteiger partial charge is 0.478 e. The predicted molar refractivity (Wildman–Crippen MR) is 144 cm³/mol. The highest BCUT2D eigenvalue weighted by Gasteiger charge is 2.40. The van der Waals surface area contributed by atoms with E-state index in [4.69, 9.17) is 15.9 Å². The first-order chi connectivity index (χ1) is 17.8. The highest BCUT2D eigenvalue weighted by molar-refractivity contribution is 5.89. The summed E-state index contributed by atoms with van der Waals surface area (Å²) in [5, 5.41) is 15.6. The average molecular weight is 509 g/mol. The molecule has 1 fully saturated rings. The molecule has 2 aliphatic rings. The van der Waals surface area contributed by atoms with Crippen LogP contribution < -0.4 is 5.73 Å². The quantitative estimate of drug-likeness (QED) is 0.407. The highest BCUT2D eigenvalue weighted by Crippen LogP contribution is 2.44. The normalized spacial score (nSPS) is 18.1. The molecule has 2 aromatic rings. The number of nitrogens with zero attached hydrogens (tertiary/aromatic N) is 1. The minimum atomic E-state index is -1.26. The van der Waals surface area contributed by atoms with Crippen LogP contribution in [0.1, 0.15) is 49.7 Å². The molecule has 0 radical (unpaired) electrons. The first-order valence-corrected chi connectivity index (χ1v) is 12.9. The van der Waals surface area contributed by atoms with Crippen LogP contribution in [0.5, 0.6) is 0 Å². The third-order valence-corrected chi connectivity index (χ3v) is 7.60. The summed E-state index contributed by atoms with van der Waals surface area (Å²) in [5.41, 5.74) is 10.5. The third-order valence-electron chi connectivity index (χ3n) is 7.60. The zero-order valence-corrected chi connectivity index (χ0v) is 21.2. The maximum atomic E-state index is 13.2. The highest BCUT2D eigenvalue weighted by atomic mass is 19.1. The number of nitrogens with two attached hydrogens (primary N) is 1. The molecule has 1 saturated carbocycles. The summed E-state index contributed by atoms with van der Waals surface area (Å²) in [6.07, 6.45) is 10.9. The van der Waals surface area contributed by atoms with Crippen molar-refractivity contribution in [3.05, 3.63) is 89.8 Å². The van der Waals surface area contributed by atoms with Crippen molar-refractivity contribution in [1.82, 2.24) is 4.90 Å². The van der Waals surface area contributed by atoms with Crippen molar-refractivity contribution in [1.29, 1.82) is 0 Å². The summed E-state index contributed by atoms with van der Waals surface area (Å²) < 4.78 is 13.2. The molecule has 4 N–H and O–H groups in total. The second kappa shape index (κ2) is 13.9. The number of carboxylic acid groups (broad SMARTS) is 2. The Morgan fingerprint density at radius 2 is 1.62 bits per heavy atom. The van der Waals surface area contributed by atoms with Gasteiger partial charge < -0.3 is 15.9 Å².